The number of amides is 1. The molecule has 2 N–H and O–H groups in total. The SMILES string of the molecule is Cc1ccc(NC(=O)c2cc(Nc3ccccc3C(F)(F)F)ccn2)cc1. The van der Waals surface area contributed by atoms with Crippen LogP contribution in [0.1, 0.15) is 21.6 Å². The van der Waals surface area contributed by atoms with Gasteiger partial charge in [0.1, 0.15) is 5.69 Å². The lowest BCUT2D eigenvalue weighted by Gasteiger charge is -2.14. The number of nitrogens with one attached hydrogen (secondary N) is 2. The third-order valence-corrected chi connectivity index (χ3v) is 3.81. The first-order chi connectivity index (χ1) is 12.8. The van der Waals surface area contributed by atoms with E-state index in [9.17, 15) is 18.0 Å². The van der Waals surface area contributed by atoms with Gasteiger partial charge in [0.25, 0.3) is 5.91 Å². The maximum Gasteiger partial charge on any atom is 0.418 e. The first-order valence-corrected chi connectivity index (χ1v) is 8.10. The van der Waals surface area contributed by atoms with E-state index in [0.717, 1.165) is 11.6 Å². The number of anilines is 3. The molecule has 0 saturated carbocycles. The van der Waals surface area contributed by atoms with Gasteiger partial charge in [-0.05, 0) is 43.3 Å². The van der Waals surface area contributed by atoms with E-state index in [1.54, 1.807) is 12.1 Å². The van der Waals surface area contributed by atoms with Gasteiger partial charge in [0, 0.05) is 17.6 Å². The molecule has 0 spiro atoms. The van der Waals surface area contributed by atoms with Crippen molar-refractivity contribution in [2.45, 2.75) is 13.1 Å². The lowest BCUT2D eigenvalue weighted by molar-refractivity contribution is -0.136. The standard InChI is InChI=1S/C20H16F3N3O/c1-13-6-8-14(9-7-13)26-19(27)18-12-15(10-11-24-18)25-17-5-3-2-4-16(17)20(21,22)23/h2-12H,1H3,(H,24,25)(H,26,27). The first-order valence-electron chi connectivity index (χ1n) is 8.10. The number of carbonyl (C=O) groups is 1. The largest absolute Gasteiger partial charge is 0.418 e. The number of aromatic nitrogens is 1. The molecule has 7 heteroatoms. The molecule has 1 amide bonds. The summed E-state index contributed by atoms with van der Waals surface area (Å²) in [5, 5.41) is 5.41. The van der Waals surface area contributed by atoms with Crippen LogP contribution in [0.15, 0.2) is 66.9 Å². The quantitative estimate of drug-likeness (QED) is 0.645. The highest BCUT2D eigenvalue weighted by Crippen LogP contribution is 2.35. The van der Waals surface area contributed by atoms with Crippen LogP contribution in [0.2, 0.25) is 0 Å². The predicted molar refractivity (Wildman–Crippen MR) is 98.1 cm³/mol. The Kier molecular flexibility index (Phi) is 5.12. The molecule has 0 fully saturated rings. The molecule has 0 aliphatic carbocycles. The van der Waals surface area contributed by atoms with Crippen molar-refractivity contribution < 1.29 is 18.0 Å². The number of para-hydroxylation sites is 1. The van der Waals surface area contributed by atoms with Crippen LogP contribution in [0.3, 0.4) is 0 Å². The van der Waals surface area contributed by atoms with Crippen molar-refractivity contribution in [1.82, 2.24) is 4.98 Å². The van der Waals surface area contributed by atoms with Gasteiger partial charge >= 0.3 is 6.18 Å². The van der Waals surface area contributed by atoms with Gasteiger partial charge < -0.3 is 10.6 Å². The Labute approximate surface area is 154 Å². The molecule has 138 valence electrons. The number of halogens is 3. The smallest absolute Gasteiger partial charge is 0.355 e. The number of carbonyl (C=O) groups excluding carboxylic acids is 1. The zero-order chi connectivity index (χ0) is 19.4. The minimum atomic E-state index is -4.48. The number of alkyl halides is 3. The molecular weight excluding hydrogens is 355 g/mol. The Morgan fingerprint density at radius 2 is 1.67 bits per heavy atom. The molecule has 0 unspecified atom stereocenters. The molecule has 0 aliphatic rings. The number of hydrogen-bond donors (Lipinski definition) is 2. The lowest BCUT2D eigenvalue weighted by Crippen LogP contribution is -2.14. The van der Waals surface area contributed by atoms with Gasteiger partial charge in [0.05, 0.1) is 11.3 Å². The molecule has 1 aromatic heterocycles. The summed E-state index contributed by atoms with van der Waals surface area (Å²) in [7, 11) is 0. The second-order valence-corrected chi connectivity index (χ2v) is 5.92. The average molecular weight is 371 g/mol. The molecule has 0 aliphatic heterocycles. The molecule has 0 saturated heterocycles. The molecule has 3 aromatic rings. The third-order valence-electron chi connectivity index (χ3n) is 3.81. The van der Waals surface area contributed by atoms with Gasteiger partial charge in [-0.1, -0.05) is 29.8 Å². The van der Waals surface area contributed by atoms with E-state index in [0.29, 0.717) is 11.4 Å². The van der Waals surface area contributed by atoms with E-state index >= 15 is 0 Å². The summed E-state index contributed by atoms with van der Waals surface area (Å²) in [4.78, 5) is 16.3. The molecule has 0 atom stereocenters. The van der Waals surface area contributed by atoms with Crippen molar-refractivity contribution >= 4 is 23.0 Å². The van der Waals surface area contributed by atoms with Crippen molar-refractivity contribution in [1.29, 1.82) is 0 Å². The second kappa shape index (κ2) is 7.49. The van der Waals surface area contributed by atoms with Crippen molar-refractivity contribution in [3.05, 3.63) is 83.7 Å². The second-order valence-electron chi connectivity index (χ2n) is 5.92. The van der Waals surface area contributed by atoms with Gasteiger partial charge in [0.2, 0.25) is 0 Å². The molecule has 4 nitrogen and oxygen atoms in total. The number of pyridine rings is 1. The van der Waals surface area contributed by atoms with E-state index in [1.807, 2.05) is 19.1 Å². The zero-order valence-electron chi connectivity index (χ0n) is 14.3. The zero-order valence-corrected chi connectivity index (χ0v) is 14.3. The van der Waals surface area contributed by atoms with E-state index in [1.165, 1.54) is 36.5 Å². The van der Waals surface area contributed by atoms with E-state index in [-0.39, 0.29) is 11.4 Å². The van der Waals surface area contributed by atoms with Gasteiger partial charge in [-0.2, -0.15) is 13.2 Å². The van der Waals surface area contributed by atoms with Crippen molar-refractivity contribution in [3.63, 3.8) is 0 Å². The van der Waals surface area contributed by atoms with Gasteiger partial charge in [-0.3, -0.25) is 9.78 Å². The van der Waals surface area contributed by atoms with Crippen molar-refractivity contribution in [2.24, 2.45) is 0 Å². The van der Waals surface area contributed by atoms with Gasteiger partial charge in [-0.25, -0.2) is 0 Å². The summed E-state index contributed by atoms with van der Waals surface area (Å²) < 4.78 is 39.3. The highest BCUT2D eigenvalue weighted by atomic mass is 19.4. The highest BCUT2D eigenvalue weighted by molar-refractivity contribution is 6.03. The van der Waals surface area contributed by atoms with Crippen LogP contribution in [0.5, 0.6) is 0 Å². The van der Waals surface area contributed by atoms with E-state index < -0.39 is 17.6 Å². The number of nitrogens with zero attached hydrogens (tertiary/aromatic N) is 1. The molecule has 0 radical (unpaired) electrons. The molecule has 1 heterocycles. The van der Waals surface area contributed by atoms with Crippen LogP contribution in [-0.4, -0.2) is 10.9 Å². The van der Waals surface area contributed by atoms with E-state index in [4.69, 9.17) is 0 Å². The number of benzene rings is 2. The summed E-state index contributed by atoms with van der Waals surface area (Å²) >= 11 is 0. The Bertz CT molecular complexity index is 953. The molecule has 0 bridgehead atoms. The molecule has 3 rings (SSSR count). The Balaban J connectivity index is 1.80. The van der Waals surface area contributed by atoms with Gasteiger partial charge in [0.15, 0.2) is 0 Å². The van der Waals surface area contributed by atoms with Crippen molar-refractivity contribution in [2.75, 3.05) is 10.6 Å². The third kappa shape index (κ3) is 4.63. The Morgan fingerprint density at radius 3 is 2.37 bits per heavy atom. The molecule has 27 heavy (non-hydrogen) atoms. The summed E-state index contributed by atoms with van der Waals surface area (Å²) in [6.07, 6.45) is -3.12. The van der Waals surface area contributed by atoms with Crippen LogP contribution >= 0.6 is 0 Å². The van der Waals surface area contributed by atoms with Crippen LogP contribution in [0.25, 0.3) is 0 Å². The van der Waals surface area contributed by atoms with E-state index in [2.05, 4.69) is 15.6 Å². The van der Waals surface area contributed by atoms with Crippen LogP contribution in [0, 0.1) is 6.92 Å². The average Bonchev–Trinajstić information content (AvgIpc) is 2.63. The van der Waals surface area contributed by atoms with Gasteiger partial charge in [-0.15, -0.1) is 0 Å². The van der Waals surface area contributed by atoms with Crippen molar-refractivity contribution in [3.8, 4) is 0 Å². The fraction of sp³-hybridized carbons (Fsp3) is 0.100. The lowest BCUT2D eigenvalue weighted by atomic mass is 10.1. The summed E-state index contributed by atoms with van der Waals surface area (Å²) in [6, 6.07) is 15.3. The van der Waals surface area contributed by atoms with Crippen LogP contribution in [-0.2, 0) is 6.18 Å². The minimum Gasteiger partial charge on any atom is -0.355 e. The number of rotatable bonds is 4. The summed E-state index contributed by atoms with van der Waals surface area (Å²) in [5.74, 6) is -0.452. The normalized spacial score (nSPS) is 11.1. The molecular formula is C20H16F3N3O. The Hall–Kier alpha value is -3.35. The monoisotopic (exact) mass is 371 g/mol. The summed E-state index contributed by atoms with van der Waals surface area (Å²) in [6.45, 7) is 1.93. The highest BCUT2D eigenvalue weighted by Gasteiger charge is 2.33. The minimum absolute atomic E-state index is 0.0880. The fourth-order valence-electron chi connectivity index (χ4n) is 2.46. The maximum absolute atomic E-state index is 13.1. The predicted octanol–water partition coefficient (Wildman–Crippen LogP) is 5.40. The topological polar surface area (TPSA) is 54.0 Å². The maximum atomic E-state index is 13.1. The number of aryl methyl sites for hydroxylation is 1. The Morgan fingerprint density at radius 1 is 0.963 bits per heavy atom. The fourth-order valence-corrected chi connectivity index (χ4v) is 2.46. The summed E-state index contributed by atoms with van der Waals surface area (Å²) in [5.41, 5.74) is 1.20. The van der Waals surface area contributed by atoms with Crippen LogP contribution < -0.4 is 10.6 Å². The number of hydrogen-bond acceptors (Lipinski definition) is 3. The first kappa shape index (κ1) is 18.4. The van der Waals surface area contributed by atoms with Crippen LogP contribution in [0.4, 0.5) is 30.2 Å². The molecule has 2 aromatic carbocycles.